The highest BCUT2D eigenvalue weighted by molar-refractivity contribution is 5.86. The standard InChI is InChI=1S/C11H19NO4/c1-7(2)9(11(14)15-3)12-10(13)8-4-5-16-6-8/h7-9H,4-6H2,1-3H3,(H,12,13)/t8-,9-/m1/s1. The van der Waals surface area contributed by atoms with Crippen molar-refractivity contribution in [2.75, 3.05) is 20.3 Å². The Hall–Kier alpha value is -1.10. The third-order valence-electron chi connectivity index (χ3n) is 2.72. The second kappa shape index (κ2) is 5.84. The van der Waals surface area contributed by atoms with Crippen LogP contribution in [-0.4, -0.2) is 38.2 Å². The highest BCUT2D eigenvalue weighted by atomic mass is 16.5. The molecule has 2 atom stereocenters. The number of ether oxygens (including phenoxy) is 2. The van der Waals surface area contributed by atoms with Crippen LogP contribution in [0.1, 0.15) is 20.3 Å². The second-order valence-electron chi connectivity index (χ2n) is 4.31. The number of methoxy groups -OCH3 is 1. The maximum atomic E-state index is 11.8. The van der Waals surface area contributed by atoms with Crippen LogP contribution in [0.4, 0.5) is 0 Å². The van der Waals surface area contributed by atoms with Gasteiger partial charge in [0.2, 0.25) is 5.91 Å². The molecule has 0 unspecified atom stereocenters. The lowest BCUT2D eigenvalue weighted by Crippen LogP contribution is -2.47. The van der Waals surface area contributed by atoms with Crippen LogP contribution >= 0.6 is 0 Å². The molecule has 1 heterocycles. The molecule has 0 saturated carbocycles. The molecule has 0 radical (unpaired) electrons. The lowest BCUT2D eigenvalue weighted by molar-refractivity contribution is -0.146. The Labute approximate surface area is 95.5 Å². The molecule has 1 N–H and O–H groups in total. The van der Waals surface area contributed by atoms with E-state index in [9.17, 15) is 9.59 Å². The predicted octanol–water partition coefficient (Wildman–Crippen LogP) is 0.337. The van der Waals surface area contributed by atoms with Gasteiger partial charge in [0.1, 0.15) is 6.04 Å². The van der Waals surface area contributed by atoms with Crippen LogP contribution in [0.2, 0.25) is 0 Å². The number of hydrogen-bond donors (Lipinski definition) is 1. The molecule has 16 heavy (non-hydrogen) atoms. The normalized spacial score (nSPS) is 21.9. The zero-order chi connectivity index (χ0) is 12.1. The van der Waals surface area contributed by atoms with E-state index in [2.05, 4.69) is 10.1 Å². The summed E-state index contributed by atoms with van der Waals surface area (Å²) in [6.45, 7) is 4.79. The first-order valence-electron chi connectivity index (χ1n) is 5.52. The van der Waals surface area contributed by atoms with Crippen LogP contribution in [0.15, 0.2) is 0 Å². The van der Waals surface area contributed by atoms with E-state index < -0.39 is 12.0 Å². The van der Waals surface area contributed by atoms with Crippen LogP contribution in [0.3, 0.4) is 0 Å². The van der Waals surface area contributed by atoms with E-state index in [4.69, 9.17) is 4.74 Å². The van der Waals surface area contributed by atoms with E-state index in [1.54, 1.807) is 0 Å². The molecule has 1 saturated heterocycles. The third-order valence-corrected chi connectivity index (χ3v) is 2.72. The molecular formula is C11H19NO4. The van der Waals surface area contributed by atoms with Crippen molar-refractivity contribution in [2.45, 2.75) is 26.3 Å². The Bertz CT molecular complexity index is 259. The minimum absolute atomic E-state index is 0.0127. The predicted molar refractivity (Wildman–Crippen MR) is 57.7 cm³/mol. The summed E-state index contributed by atoms with van der Waals surface area (Å²) in [4.78, 5) is 23.2. The summed E-state index contributed by atoms with van der Waals surface area (Å²) in [7, 11) is 1.32. The van der Waals surface area contributed by atoms with E-state index >= 15 is 0 Å². The fraction of sp³-hybridized carbons (Fsp3) is 0.818. The largest absolute Gasteiger partial charge is 0.467 e. The van der Waals surface area contributed by atoms with E-state index in [-0.39, 0.29) is 17.7 Å². The minimum atomic E-state index is -0.571. The fourth-order valence-corrected chi connectivity index (χ4v) is 1.64. The molecule has 1 fully saturated rings. The Morgan fingerprint density at radius 2 is 2.12 bits per heavy atom. The smallest absolute Gasteiger partial charge is 0.328 e. The van der Waals surface area contributed by atoms with E-state index in [0.29, 0.717) is 13.2 Å². The summed E-state index contributed by atoms with van der Waals surface area (Å²) in [6, 6.07) is -0.571. The molecule has 0 aliphatic carbocycles. The molecule has 0 bridgehead atoms. The van der Waals surface area contributed by atoms with Crippen molar-refractivity contribution in [1.82, 2.24) is 5.32 Å². The molecule has 1 amide bonds. The van der Waals surface area contributed by atoms with Gasteiger partial charge in [-0.2, -0.15) is 0 Å². The molecule has 0 aromatic rings. The summed E-state index contributed by atoms with van der Waals surface area (Å²) in [6.07, 6.45) is 0.720. The average Bonchev–Trinajstić information content (AvgIpc) is 2.77. The van der Waals surface area contributed by atoms with Crippen molar-refractivity contribution in [2.24, 2.45) is 11.8 Å². The number of rotatable bonds is 4. The number of carbonyl (C=O) groups is 2. The number of hydrogen-bond acceptors (Lipinski definition) is 4. The molecule has 5 heteroatoms. The quantitative estimate of drug-likeness (QED) is 0.706. The van der Waals surface area contributed by atoms with Gasteiger partial charge in [0, 0.05) is 6.61 Å². The summed E-state index contributed by atoms with van der Waals surface area (Å²) in [5.74, 6) is -0.645. The monoisotopic (exact) mass is 229 g/mol. The van der Waals surface area contributed by atoms with E-state index in [1.165, 1.54) is 7.11 Å². The fourth-order valence-electron chi connectivity index (χ4n) is 1.64. The first-order chi connectivity index (χ1) is 7.56. The van der Waals surface area contributed by atoms with Crippen molar-refractivity contribution in [3.8, 4) is 0 Å². The van der Waals surface area contributed by atoms with Crippen molar-refractivity contribution >= 4 is 11.9 Å². The number of nitrogens with one attached hydrogen (secondary N) is 1. The molecule has 92 valence electrons. The van der Waals surface area contributed by atoms with E-state index in [0.717, 1.165) is 6.42 Å². The first kappa shape index (κ1) is 13.0. The van der Waals surface area contributed by atoms with Gasteiger partial charge in [-0.1, -0.05) is 13.8 Å². The van der Waals surface area contributed by atoms with Gasteiger partial charge < -0.3 is 14.8 Å². The lowest BCUT2D eigenvalue weighted by atomic mass is 10.0. The van der Waals surface area contributed by atoms with Gasteiger partial charge >= 0.3 is 5.97 Å². The molecule has 1 rings (SSSR count). The van der Waals surface area contributed by atoms with Crippen molar-refractivity contribution in [3.63, 3.8) is 0 Å². The topological polar surface area (TPSA) is 64.6 Å². The van der Waals surface area contributed by atoms with E-state index in [1.807, 2.05) is 13.8 Å². The Kier molecular flexibility index (Phi) is 4.73. The maximum Gasteiger partial charge on any atom is 0.328 e. The lowest BCUT2D eigenvalue weighted by Gasteiger charge is -2.21. The zero-order valence-corrected chi connectivity index (χ0v) is 9.99. The molecule has 1 aliphatic rings. The highest BCUT2D eigenvalue weighted by Gasteiger charge is 2.30. The van der Waals surface area contributed by atoms with Crippen LogP contribution in [0, 0.1) is 11.8 Å². The highest BCUT2D eigenvalue weighted by Crippen LogP contribution is 2.13. The van der Waals surface area contributed by atoms with Crippen molar-refractivity contribution in [3.05, 3.63) is 0 Å². The molecule has 0 aromatic heterocycles. The number of amides is 1. The zero-order valence-electron chi connectivity index (χ0n) is 9.99. The summed E-state index contributed by atoms with van der Waals surface area (Å²) in [5.41, 5.74) is 0. The van der Waals surface area contributed by atoms with Gasteiger partial charge in [0.15, 0.2) is 0 Å². The minimum Gasteiger partial charge on any atom is -0.467 e. The van der Waals surface area contributed by atoms with Crippen LogP contribution in [-0.2, 0) is 19.1 Å². The number of esters is 1. The SMILES string of the molecule is COC(=O)[C@H](NC(=O)[C@@H]1CCOC1)C(C)C. The maximum absolute atomic E-state index is 11.8. The first-order valence-corrected chi connectivity index (χ1v) is 5.52. The Morgan fingerprint density at radius 3 is 2.56 bits per heavy atom. The van der Waals surface area contributed by atoms with Crippen molar-refractivity contribution < 1.29 is 19.1 Å². The van der Waals surface area contributed by atoms with Gasteiger partial charge in [-0.25, -0.2) is 4.79 Å². The van der Waals surface area contributed by atoms with Gasteiger partial charge in [-0.15, -0.1) is 0 Å². The average molecular weight is 229 g/mol. The molecule has 1 aliphatic heterocycles. The van der Waals surface area contributed by atoms with Crippen LogP contribution < -0.4 is 5.32 Å². The Balaban J connectivity index is 2.53. The number of carbonyl (C=O) groups excluding carboxylic acids is 2. The molecule has 0 aromatic carbocycles. The summed E-state index contributed by atoms with van der Waals surface area (Å²) < 4.78 is 9.78. The Morgan fingerprint density at radius 1 is 1.44 bits per heavy atom. The summed E-state index contributed by atoms with van der Waals surface area (Å²) >= 11 is 0. The molecular weight excluding hydrogens is 210 g/mol. The van der Waals surface area contributed by atoms with Crippen molar-refractivity contribution in [1.29, 1.82) is 0 Å². The van der Waals surface area contributed by atoms with Gasteiger partial charge in [-0.05, 0) is 12.3 Å². The van der Waals surface area contributed by atoms with Gasteiger partial charge in [0.05, 0.1) is 19.6 Å². The van der Waals surface area contributed by atoms with Crippen LogP contribution in [0.5, 0.6) is 0 Å². The molecule has 0 spiro atoms. The molecule has 5 nitrogen and oxygen atoms in total. The third kappa shape index (κ3) is 3.20. The van der Waals surface area contributed by atoms with Gasteiger partial charge in [-0.3, -0.25) is 4.79 Å². The second-order valence-corrected chi connectivity index (χ2v) is 4.31. The van der Waals surface area contributed by atoms with Crippen LogP contribution in [0.25, 0.3) is 0 Å². The van der Waals surface area contributed by atoms with Gasteiger partial charge in [0.25, 0.3) is 0 Å². The summed E-state index contributed by atoms with van der Waals surface area (Å²) in [5, 5.41) is 2.72.